The summed E-state index contributed by atoms with van der Waals surface area (Å²) in [6.07, 6.45) is 5.92. The highest BCUT2D eigenvalue weighted by Crippen LogP contribution is 2.32. The Morgan fingerprint density at radius 1 is 1.05 bits per heavy atom. The van der Waals surface area contributed by atoms with Crippen molar-refractivity contribution in [2.75, 3.05) is 46.9 Å². The summed E-state index contributed by atoms with van der Waals surface area (Å²) >= 11 is 0. The fourth-order valence-corrected chi connectivity index (χ4v) is 3.50. The van der Waals surface area contributed by atoms with Gasteiger partial charge in [0.1, 0.15) is 0 Å². The van der Waals surface area contributed by atoms with Gasteiger partial charge in [-0.2, -0.15) is 0 Å². The zero-order valence-electron chi connectivity index (χ0n) is 12.4. The third kappa shape index (κ3) is 4.46. The van der Waals surface area contributed by atoms with Crippen LogP contribution in [0.3, 0.4) is 0 Å². The number of nitrogens with zero attached hydrogens (tertiary/aromatic N) is 2. The Balaban J connectivity index is 1.66. The molecule has 0 unspecified atom stereocenters. The first kappa shape index (κ1) is 14.8. The molecule has 2 heterocycles. The molecule has 0 aromatic rings. The molecule has 0 amide bonds. The van der Waals surface area contributed by atoms with E-state index in [2.05, 4.69) is 16.8 Å². The third-order valence-electron chi connectivity index (χ3n) is 4.92. The van der Waals surface area contributed by atoms with Gasteiger partial charge in [0.25, 0.3) is 0 Å². The van der Waals surface area contributed by atoms with E-state index in [1.807, 2.05) is 0 Å². The molecule has 2 aliphatic heterocycles. The Labute approximate surface area is 117 Å². The van der Waals surface area contributed by atoms with Crippen molar-refractivity contribution < 1.29 is 9.53 Å². The molecule has 19 heavy (non-hydrogen) atoms. The molecule has 4 heteroatoms. The van der Waals surface area contributed by atoms with E-state index in [0.29, 0.717) is 6.42 Å². The number of methoxy groups -OCH3 is 1. The van der Waals surface area contributed by atoms with E-state index >= 15 is 0 Å². The second-order valence-corrected chi connectivity index (χ2v) is 6.15. The van der Waals surface area contributed by atoms with E-state index in [0.717, 1.165) is 31.5 Å². The summed E-state index contributed by atoms with van der Waals surface area (Å²) in [5, 5.41) is 0. The highest BCUT2D eigenvalue weighted by Gasteiger charge is 2.28. The predicted octanol–water partition coefficient (Wildman–Crippen LogP) is 1.60. The number of ether oxygens (including phenoxy) is 1. The van der Waals surface area contributed by atoms with Gasteiger partial charge >= 0.3 is 5.97 Å². The van der Waals surface area contributed by atoms with Crippen LogP contribution in [-0.2, 0) is 9.53 Å². The number of esters is 1. The van der Waals surface area contributed by atoms with E-state index in [-0.39, 0.29) is 5.97 Å². The van der Waals surface area contributed by atoms with Crippen molar-refractivity contribution >= 4 is 5.97 Å². The second-order valence-electron chi connectivity index (χ2n) is 6.15. The molecule has 2 fully saturated rings. The minimum Gasteiger partial charge on any atom is -0.469 e. The maximum Gasteiger partial charge on any atom is 0.306 e. The van der Waals surface area contributed by atoms with Gasteiger partial charge in [0.2, 0.25) is 0 Å². The minimum atomic E-state index is -0.0857. The molecule has 4 nitrogen and oxygen atoms in total. The van der Waals surface area contributed by atoms with E-state index in [4.69, 9.17) is 4.74 Å². The van der Waals surface area contributed by atoms with Crippen molar-refractivity contribution in [2.24, 2.45) is 11.8 Å². The maximum atomic E-state index is 11.1. The molecule has 0 aromatic heterocycles. The zero-order chi connectivity index (χ0) is 13.7. The first-order valence-electron chi connectivity index (χ1n) is 7.66. The Morgan fingerprint density at radius 2 is 1.58 bits per heavy atom. The van der Waals surface area contributed by atoms with Crippen LogP contribution in [0.15, 0.2) is 0 Å². The predicted molar refractivity (Wildman–Crippen MR) is 76.0 cm³/mol. The highest BCUT2D eigenvalue weighted by molar-refractivity contribution is 5.69. The van der Waals surface area contributed by atoms with Gasteiger partial charge in [-0.05, 0) is 70.7 Å². The standard InChI is InChI=1S/C15H28N2O2/c1-16-8-3-13(4-9-16)14-5-10-17(11-6-14)12-7-15(18)19-2/h13-14H,3-12H2,1-2H3. The quantitative estimate of drug-likeness (QED) is 0.725. The molecule has 0 saturated carbocycles. The number of piperidine rings is 2. The van der Waals surface area contributed by atoms with Gasteiger partial charge in [0, 0.05) is 6.54 Å². The lowest BCUT2D eigenvalue weighted by molar-refractivity contribution is -0.141. The van der Waals surface area contributed by atoms with Gasteiger partial charge in [-0.25, -0.2) is 0 Å². The van der Waals surface area contributed by atoms with Gasteiger partial charge < -0.3 is 14.5 Å². The van der Waals surface area contributed by atoms with Crippen LogP contribution in [0.1, 0.15) is 32.1 Å². The van der Waals surface area contributed by atoms with Crippen molar-refractivity contribution in [3.05, 3.63) is 0 Å². The molecule has 2 aliphatic rings. The molecule has 0 N–H and O–H groups in total. The molecule has 0 spiro atoms. The van der Waals surface area contributed by atoms with Crippen LogP contribution in [0.4, 0.5) is 0 Å². The average molecular weight is 268 g/mol. The summed E-state index contributed by atoms with van der Waals surface area (Å²) in [7, 11) is 3.69. The summed E-state index contributed by atoms with van der Waals surface area (Å²) < 4.78 is 4.70. The summed E-state index contributed by atoms with van der Waals surface area (Å²) in [5.74, 6) is 1.78. The lowest BCUT2D eigenvalue weighted by atomic mass is 9.79. The van der Waals surface area contributed by atoms with Gasteiger partial charge in [0.05, 0.1) is 13.5 Å². The summed E-state index contributed by atoms with van der Waals surface area (Å²) in [6, 6.07) is 0. The Bertz CT molecular complexity index is 280. The lowest BCUT2D eigenvalue weighted by Gasteiger charge is -2.39. The van der Waals surface area contributed by atoms with Crippen LogP contribution in [0.25, 0.3) is 0 Å². The van der Waals surface area contributed by atoms with E-state index in [9.17, 15) is 4.79 Å². The molecule has 0 aromatic carbocycles. The lowest BCUT2D eigenvalue weighted by Crippen LogP contribution is -2.40. The number of rotatable bonds is 4. The Morgan fingerprint density at radius 3 is 2.11 bits per heavy atom. The number of carbonyl (C=O) groups excluding carboxylic acids is 1. The van der Waals surface area contributed by atoms with E-state index in [1.54, 1.807) is 0 Å². The van der Waals surface area contributed by atoms with Crippen LogP contribution in [0.2, 0.25) is 0 Å². The van der Waals surface area contributed by atoms with Crippen LogP contribution in [0, 0.1) is 11.8 Å². The number of likely N-dealkylation sites (tertiary alicyclic amines) is 2. The van der Waals surface area contributed by atoms with Crippen LogP contribution >= 0.6 is 0 Å². The molecule has 0 bridgehead atoms. The summed E-state index contributed by atoms with van der Waals surface area (Å²) in [6.45, 7) is 5.73. The minimum absolute atomic E-state index is 0.0857. The largest absolute Gasteiger partial charge is 0.469 e. The Kier molecular flexibility index (Phi) is 5.64. The second kappa shape index (κ2) is 7.25. The van der Waals surface area contributed by atoms with Gasteiger partial charge in [-0.1, -0.05) is 0 Å². The van der Waals surface area contributed by atoms with Crippen molar-refractivity contribution in [1.29, 1.82) is 0 Å². The van der Waals surface area contributed by atoms with Crippen LogP contribution in [0.5, 0.6) is 0 Å². The average Bonchev–Trinajstić information content (AvgIpc) is 2.46. The van der Waals surface area contributed by atoms with E-state index < -0.39 is 0 Å². The third-order valence-corrected chi connectivity index (χ3v) is 4.92. The molecule has 110 valence electrons. The number of hydrogen-bond acceptors (Lipinski definition) is 4. The smallest absolute Gasteiger partial charge is 0.306 e. The first-order chi connectivity index (χ1) is 9.19. The van der Waals surface area contributed by atoms with Crippen molar-refractivity contribution in [3.63, 3.8) is 0 Å². The van der Waals surface area contributed by atoms with Gasteiger partial charge in [-0.15, -0.1) is 0 Å². The SMILES string of the molecule is COC(=O)CCN1CCC(C2CCN(C)CC2)CC1. The first-order valence-corrected chi connectivity index (χ1v) is 7.66. The van der Waals surface area contributed by atoms with Crippen LogP contribution < -0.4 is 0 Å². The van der Waals surface area contributed by atoms with E-state index in [1.165, 1.54) is 45.9 Å². The molecule has 0 aliphatic carbocycles. The zero-order valence-corrected chi connectivity index (χ0v) is 12.4. The number of carbonyl (C=O) groups is 1. The normalized spacial score (nSPS) is 24.5. The van der Waals surface area contributed by atoms with Crippen LogP contribution in [-0.4, -0.2) is 62.7 Å². The molecule has 0 atom stereocenters. The molecule has 0 radical (unpaired) electrons. The van der Waals surface area contributed by atoms with Crippen molar-refractivity contribution in [3.8, 4) is 0 Å². The van der Waals surface area contributed by atoms with Gasteiger partial charge in [0.15, 0.2) is 0 Å². The molecule has 2 saturated heterocycles. The maximum absolute atomic E-state index is 11.1. The fourth-order valence-electron chi connectivity index (χ4n) is 3.50. The molecular weight excluding hydrogens is 240 g/mol. The molecule has 2 rings (SSSR count). The topological polar surface area (TPSA) is 32.8 Å². The Hall–Kier alpha value is -0.610. The highest BCUT2D eigenvalue weighted by atomic mass is 16.5. The summed E-state index contributed by atoms with van der Waals surface area (Å²) in [5.41, 5.74) is 0. The molecular formula is C15H28N2O2. The van der Waals surface area contributed by atoms with Crippen molar-refractivity contribution in [2.45, 2.75) is 32.1 Å². The number of hydrogen-bond donors (Lipinski definition) is 0. The fraction of sp³-hybridized carbons (Fsp3) is 0.933. The van der Waals surface area contributed by atoms with Crippen molar-refractivity contribution in [1.82, 2.24) is 9.80 Å². The van der Waals surface area contributed by atoms with Gasteiger partial charge in [-0.3, -0.25) is 4.79 Å². The summed E-state index contributed by atoms with van der Waals surface area (Å²) in [4.78, 5) is 16.0. The monoisotopic (exact) mass is 268 g/mol.